The van der Waals surface area contributed by atoms with E-state index < -0.39 is 17.8 Å². The van der Waals surface area contributed by atoms with Crippen molar-refractivity contribution in [1.29, 1.82) is 0 Å². The summed E-state index contributed by atoms with van der Waals surface area (Å²) in [6, 6.07) is -0.422. The van der Waals surface area contributed by atoms with E-state index in [9.17, 15) is 18.0 Å². The first-order valence-electron chi connectivity index (χ1n) is 6.04. The van der Waals surface area contributed by atoms with E-state index in [-0.39, 0.29) is 25.3 Å². The molecule has 0 aromatic heterocycles. The van der Waals surface area contributed by atoms with Gasteiger partial charge in [0.2, 0.25) is 5.91 Å². The highest BCUT2D eigenvalue weighted by Crippen LogP contribution is 2.54. The van der Waals surface area contributed by atoms with Crippen LogP contribution in [0, 0.1) is 0 Å². The lowest BCUT2D eigenvalue weighted by atomic mass is 10.2. The first-order chi connectivity index (χ1) is 7.92. The number of amides is 1. The van der Waals surface area contributed by atoms with Crippen LogP contribution in [-0.4, -0.2) is 41.7 Å². The zero-order valence-electron chi connectivity index (χ0n) is 9.81. The summed E-state index contributed by atoms with van der Waals surface area (Å²) >= 11 is 0. The lowest BCUT2D eigenvalue weighted by Gasteiger charge is -2.30. The van der Waals surface area contributed by atoms with Crippen LogP contribution in [0.3, 0.4) is 0 Å². The molecule has 3 nitrogen and oxygen atoms in total. The third-order valence-electron chi connectivity index (χ3n) is 3.61. The Balaban J connectivity index is 2.03. The highest BCUT2D eigenvalue weighted by atomic mass is 19.4. The maximum absolute atomic E-state index is 12.9. The van der Waals surface area contributed by atoms with Gasteiger partial charge in [0, 0.05) is 6.54 Å². The number of carbonyl (C=O) groups is 1. The average molecular weight is 250 g/mol. The number of halogens is 3. The normalized spacial score (nSPS) is 27.6. The molecule has 0 bridgehead atoms. The second-order valence-corrected chi connectivity index (χ2v) is 4.81. The van der Waals surface area contributed by atoms with Gasteiger partial charge in [0.15, 0.2) is 0 Å². The number of hydrogen-bond acceptors (Lipinski definition) is 2. The van der Waals surface area contributed by atoms with Crippen LogP contribution in [-0.2, 0) is 4.79 Å². The minimum absolute atomic E-state index is 0.0583. The van der Waals surface area contributed by atoms with Crippen LogP contribution in [0.1, 0.15) is 32.6 Å². The summed E-state index contributed by atoms with van der Waals surface area (Å²) in [5.74, 6) is -0.381. The van der Waals surface area contributed by atoms with Crippen LogP contribution < -0.4 is 5.32 Å². The van der Waals surface area contributed by atoms with Crippen LogP contribution in [0.15, 0.2) is 0 Å². The molecule has 0 aromatic rings. The molecule has 1 aliphatic carbocycles. The molecular weight excluding hydrogens is 233 g/mol. The van der Waals surface area contributed by atoms with Gasteiger partial charge in [0.1, 0.15) is 5.54 Å². The molecule has 2 aliphatic rings. The Morgan fingerprint density at radius 1 is 1.47 bits per heavy atom. The molecule has 0 aromatic carbocycles. The Hall–Kier alpha value is -0.780. The molecule has 98 valence electrons. The number of carbonyl (C=O) groups excluding carboxylic acids is 1. The van der Waals surface area contributed by atoms with E-state index in [1.165, 1.54) is 0 Å². The minimum atomic E-state index is -4.29. The van der Waals surface area contributed by atoms with Gasteiger partial charge in [0.25, 0.3) is 0 Å². The highest BCUT2D eigenvalue weighted by Gasteiger charge is 2.69. The summed E-state index contributed by atoms with van der Waals surface area (Å²) in [7, 11) is 0. The third-order valence-corrected chi connectivity index (χ3v) is 3.61. The Kier molecular flexibility index (Phi) is 3.10. The fourth-order valence-electron chi connectivity index (χ4n) is 2.44. The van der Waals surface area contributed by atoms with Gasteiger partial charge in [-0.05, 0) is 32.2 Å². The monoisotopic (exact) mass is 250 g/mol. The lowest BCUT2D eigenvalue weighted by molar-refractivity contribution is -0.197. The zero-order chi connectivity index (χ0) is 12.7. The summed E-state index contributed by atoms with van der Waals surface area (Å²) in [6.45, 7) is 2.85. The molecule has 1 N–H and O–H groups in total. The molecule has 1 saturated carbocycles. The molecule has 1 saturated heterocycles. The van der Waals surface area contributed by atoms with Crippen molar-refractivity contribution in [1.82, 2.24) is 10.2 Å². The average Bonchev–Trinajstić information content (AvgIpc) is 2.97. The summed E-state index contributed by atoms with van der Waals surface area (Å²) < 4.78 is 38.7. The molecule has 1 unspecified atom stereocenters. The van der Waals surface area contributed by atoms with Crippen LogP contribution in [0.25, 0.3) is 0 Å². The van der Waals surface area contributed by atoms with E-state index >= 15 is 0 Å². The Bertz CT molecular complexity index is 312. The topological polar surface area (TPSA) is 32.3 Å². The first-order valence-corrected chi connectivity index (χ1v) is 6.04. The van der Waals surface area contributed by atoms with E-state index in [2.05, 4.69) is 5.32 Å². The molecule has 2 rings (SSSR count). The standard InChI is InChI=1S/C11H17F3N2O/c1-2-6-15-8-3-7-16(9(8)17)10(4-5-10)11(12,13)14/h8,15H,2-7H2,1H3. The van der Waals surface area contributed by atoms with Gasteiger partial charge < -0.3 is 10.2 Å². The fraction of sp³-hybridized carbons (Fsp3) is 0.909. The maximum atomic E-state index is 12.9. The largest absolute Gasteiger partial charge is 0.411 e. The molecule has 2 fully saturated rings. The number of rotatable bonds is 4. The van der Waals surface area contributed by atoms with E-state index in [0.717, 1.165) is 11.3 Å². The van der Waals surface area contributed by atoms with Crippen molar-refractivity contribution in [2.45, 2.75) is 50.4 Å². The predicted octanol–water partition coefficient (Wildman–Crippen LogP) is 1.68. The van der Waals surface area contributed by atoms with Crippen LogP contribution in [0.5, 0.6) is 0 Å². The van der Waals surface area contributed by atoms with Gasteiger partial charge >= 0.3 is 6.18 Å². The van der Waals surface area contributed by atoms with Gasteiger partial charge in [0.05, 0.1) is 6.04 Å². The molecule has 0 spiro atoms. The van der Waals surface area contributed by atoms with E-state index in [1.54, 1.807) is 0 Å². The second-order valence-electron chi connectivity index (χ2n) is 4.81. The Morgan fingerprint density at radius 3 is 2.59 bits per heavy atom. The SMILES string of the molecule is CCCNC1CCN(C2(C(F)(F)F)CC2)C1=O. The molecule has 1 amide bonds. The van der Waals surface area contributed by atoms with Crippen LogP contribution >= 0.6 is 0 Å². The highest BCUT2D eigenvalue weighted by molar-refractivity contribution is 5.85. The quantitative estimate of drug-likeness (QED) is 0.823. The molecule has 0 radical (unpaired) electrons. The number of nitrogens with one attached hydrogen (secondary N) is 1. The van der Waals surface area contributed by atoms with Crippen molar-refractivity contribution in [3.63, 3.8) is 0 Å². The number of hydrogen-bond donors (Lipinski definition) is 1. The molecule has 1 heterocycles. The van der Waals surface area contributed by atoms with Crippen molar-refractivity contribution < 1.29 is 18.0 Å². The van der Waals surface area contributed by atoms with E-state index in [0.29, 0.717) is 13.0 Å². The van der Waals surface area contributed by atoms with E-state index in [1.807, 2.05) is 6.92 Å². The van der Waals surface area contributed by atoms with Gasteiger partial charge in [-0.25, -0.2) is 0 Å². The molecule has 1 aliphatic heterocycles. The lowest BCUT2D eigenvalue weighted by Crippen LogP contribution is -2.51. The second kappa shape index (κ2) is 4.15. The fourth-order valence-corrected chi connectivity index (χ4v) is 2.44. The molecule has 17 heavy (non-hydrogen) atoms. The van der Waals surface area contributed by atoms with Crippen molar-refractivity contribution >= 4 is 5.91 Å². The summed E-state index contributed by atoms with van der Waals surface area (Å²) in [5, 5.41) is 3.00. The van der Waals surface area contributed by atoms with Gasteiger partial charge in [-0.1, -0.05) is 6.92 Å². The maximum Gasteiger partial charge on any atom is 0.411 e. The van der Waals surface area contributed by atoms with Gasteiger partial charge in [-0.2, -0.15) is 13.2 Å². The molecule has 1 atom stereocenters. The Morgan fingerprint density at radius 2 is 2.12 bits per heavy atom. The number of alkyl halides is 3. The van der Waals surface area contributed by atoms with Crippen molar-refractivity contribution in [3.8, 4) is 0 Å². The van der Waals surface area contributed by atoms with Crippen LogP contribution in [0.4, 0.5) is 13.2 Å². The minimum Gasteiger partial charge on any atom is -0.326 e. The smallest absolute Gasteiger partial charge is 0.326 e. The molecular formula is C11H17F3N2O. The van der Waals surface area contributed by atoms with Crippen molar-refractivity contribution in [2.75, 3.05) is 13.1 Å². The number of nitrogens with zero attached hydrogens (tertiary/aromatic N) is 1. The summed E-state index contributed by atoms with van der Waals surface area (Å²) in [5.41, 5.74) is -1.84. The van der Waals surface area contributed by atoms with Gasteiger partial charge in [-0.15, -0.1) is 0 Å². The summed E-state index contributed by atoms with van der Waals surface area (Å²) in [6.07, 6.45) is -2.82. The van der Waals surface area contributed by atoms with Crippen molar-refractivity contribution in [2.24, 2.45) is 0 Å². The first kappa shape index (κ1) is 12.7. The van der Waals surface area contributed by atoms with Gasteiger partial charge in [-0.3, -0.25) is 4.79 Å². The molecule has 6 heteroatoms. The van der Waals surface area contributed by atoms with Crippen molar-refractivity contribution in [3.05, 3.63) is 0 Å². The van der Waals surface area contributed by atoms with Crippen LogP contribution in [0.2, 0.25) is 0 Å². The zero-order valence-corrected chi connectivity index (χ0v) is 9.81. The predicted molar refractivity (Wildman–Crippen MR) is 56.4 cm³/mol. The summed E-state index contributed by atoms with van der Waals surface area (Å²) in [4.78, 5) is 13.0. The Labute approximate surface area is 98.3 Å². The van der Waals surface area contributed by atoms with E-state index in [4.69, 9.17) is 0 Å². The third kappa shape index (κ3) is 2.03. The number of likely N-dealkylation sites (tertiary alicyclic amines) is 1.